The van der Waals surface area contributed by atoms with Crippen molar-refractivity contribution in [3.63, 3.8) is 0 Å². The van der Waals surface area contributed by atoms with Crippen LogP contribution < -0.4 is 0 Å². The molecule has 6 nitrogen and oxygen atoms in total. The van der Waals surface area contributed by atoms with E-state index in [0.717, 1.165) is 10.7 Å². The Morgan fingerprint density at radius 2 is 2.27 bits per heavy atom. The Labute approximate surface area is 92.3 Å². The van der Waals surface area contributed by atoms with E-state index in [-0.39, 0.29) is 5.56 Å². The van der Waals surface area contributed by atoms with Gasteiger partial charge in [-0.05, 0) is 22.9 Å². The van der Waals surface area contributed by atoms with Gasteiger partial charge < -0.3 is 10.2 Å². The van der Waals surface area contributed by atoms with Gasteiger partial charge in [0.2, 0.25) is 5.88 Å². The normalized spacial score (nSPS) is 10.8. The van der Waals surface area contributed by atoms with Crippen molar-refractivity contribution in [3.8, 4) is 5.88 Å². The molecule has 78 valence electrons. The molecule has 0 bridgehead atoms. The summed E-state index contributed by atoms with van der Waals surface area (Å²) in [6.07, 6.45) is 1.10. The van der Waals surface area contributed by atoms with Crippen LogP contribution in [0, 0.1) is 6.92 Å². The molecule has 0 atom stereocenters. The van der Waals surface area contributed by atoms with Gasteiger partial charge in [-0.2, -0.15) is 9.61 Å². The van der Waals surface area contributed by atoms with Crippen LogP contribution >= 0.6 is 15.9 Å². The zero-order chi connectivity index (χ0) is 11.2. The molecule has 0 amide bonds. The molecule has 0 aliphatic carbocycles. The summed E-state index contributed by atoms with van der Waals surface area (Å²) in [6.45, 7) is 1.72. The highest BCUT2D eigenvalue weighted by molar-refractivity contribution is 9.10. The van der Waals surface area contributed by atoms with Gasteiger partial charge in [0.15, 0.2) is 5.65 Å². The number of aromatic hydroxyl groups is 1. The number of nitrogens with zero attached hydrogens (tertiary/aromatic N) is 3. The van der Waals surface area contributed by atoms with E-state index in [1.165, 1.54) is 0 Å². The second-order valence-electron chi connectivity index (χ2n) is 2.94. The minimum absolute atomic E-state index is 0.280. The van der Waals surface area contributed by atoms with Crippen LogP contribution in [0.3, 0.4) is 0 Å². The largest absolute Gasteiger partial charge is 0.493 e. The fourth-order valence-electron chi connectivity index (χ4n) is 1.20. The molecule has 2 aromatic heterocycles. The Morgan fingerprint density at radius 1 is 1.60 bits per heavy atom. The third-order valence-electron chi connectivity index (χ3n) is 1.95. The lowest BCUT2D eigenvalue weighted by Gasteiger charge is -2.00. The maximum Gasteiger partial charge on any atom is 0.342 e. The quantitative estimate of drug-likeness (QED) is 0.814. The molecule has 0 unspecified atom stereocenters. The van der Waals surface area contributed by atoms with E-state index in [0.29, 0.717) is 15.8 Å². The summed E-state index contributed by atoms with van der Waals surface area (Å²) in [5.41, 5.74) is 0.729. The maximum atomic E-state index is 10.7. The van der Waals surface area contributed by atoms with E-state index >= 15 is 0 Å². The van der Waals surface area contributed by atoms with E-state index in [2.05, 4.69) is 26.0 Å². The summed E-state index contributed by atoms with van der Waals surface area (Å²) in [4.78, 5) is 14.6. The smallest absolute Gasteiger partial charge is 0.342 e. The number of halogens is 1. The fourth-order valence-corrected chi connectivity index (χ4v) is 1.55. The number of aromatic nitrogens is 3. The molecule has 7 heteroatoms. The fraction of sp³-hybridized carbons (Fsp3) is 0.125. The second kappa shape index (κ2) is 3.20. The van der Waals surface area contributed by atoms with Gasteiger partial charge in [0, 0.05) is 6.20 Å². The first-order valence-corrected chi connectivity index (χ1v) is 4.77. The van der Waals surface area contributed by atoms with Crippen LogP contribution in [0.5, 0.6) is 5.88 Å². The first kappa shape index (κ1) is 9.91. The number of rotatable bonds is 1. The molecule has 0 saturated carbocycles. The molecule has 0 saturated heterocycles. The van der Waals surface area contributed by atoms with Crippen LogP contribution in [-0.2, 0) is 0 Å². The molecule has 0 aromatic carbocycles. The van der Waals surface area contributed by atoms with Gasteiger partial charge in [0.25, 0.3) is 0 Å². The highest BCUT2D eigenvalue weighted by Gasteiger charge is 2.17. The van der Waals surface area contributed by atoms with Crippen LogP contribution in [0.15, 0.2) is 10.7 Å². The highest BCUT2D eigenvalue weighted by atomic mass is 79.9. The maximum absolute atomic E-state index is 10.7. The molecule has 0 fully saturated rings. The van der Waals surface area contributed by atoms with E-state index in [1.807, 2.05) is 0 Å². The number of hydrogen-bond acceptors (Lipinski definition) is 4. The van der Waals surface area contributed by atoms with Gasteiger partial charge in [-0.1, -0.05) is 0 Å². The average molecular weight is 272 g/mol. The standard InChI is InChI=1S/C8H6BrN3O3/c1-3-5(9)6-10-2-4(8(14)15)7(13)12(6)11-3/h2,13H,1H3,(H,14,15). The summed E-state index contributed by atoms with van der Waals surface area (Å²) in [5, 5.41) is 22.3. The van der Waals surface area contributed by atoms with Crippen molar-refractivity contribution in [1.82, 2.24) is 14.6 Å². The first-order valence-electron chi connectivity index (χ1n) is 3.98. The number of aromatic carboxylic acids is 1. The number of carboxylic acids is 1. The summed E-state index contributed by atoms with van der Waals surface area (Å²) < 4.78 is 1.72. The monoisotopic (exact) mass is 271 g/mol. The number of carbonyl (C=O) groups is 1. The number of hydrogen-bond donors (Lipinski definition) is 2. The van der Waals surface area contributed by atoms with Crippen LogP contribution in [0.4, 0.5) is 0 Å². The molecule has 0 radical (unpaired) electrons. The third kappa shape index (κ3) is 1.35. The van der Waals surface area contributed by atoms with E-state index in [1.54, 1.807) is 6.92 Å². The van der Waals surface area contributed by atoms with Gasteiger partial charge in [0.1, 0.15) is 5.56 Å². The summed E-state index contributed by atoms with van der Waals surface area (Å²) in [7, 11) is 0. The zero-order valence-corrected chi connectivity index (χ0v) is 9.19. The Balaban J connectivity index is 2.85. The lowest BCUT2D eigenvalue weighted by molar-refractivity contribution is 0.0692. The second-order valence-corrected chi connectivity index (χ2v) is 3.73. The van der Waals surface area contributed by atoms with Gasteiger partial charge >= 0.3 is 5.97 Å². The predicted octanol–water partition coefficient (Wildman–Crippen LogP) is 1.20. The number of aryl methyl sites for hydroxylation is 1. The molecule has 2 aromatic rings. The summed E-state index contributed by atoms with van der Waals surface area (Å²) in [5.74, 6) is -1.67. The molecule has 2 rings (SSSR count). The lowest BCUT2D eigenvalue weighted by atomic mass is 10.3. The third-order valence-corrected chi connectivity index (χ3v) is 2.88. The number of fused-ring (bicyclic) bond motifs is 1. The molecule has 2 N–H and O–H groups in total. The lowest BCUT2D eigenvalue weighted by Crippen LogP contribution is -2.03. The van der Waals surface area contributed by atoms with Crippen molar-refractivity contribution in [2.75, 3.05) is 0 Å². The Bertz CT molecular complexity index is 564. The predicted molar refractivity (Wildman–Crippen MR) is 54.0 cm³/mol. The van der Waals surface area contributed by atoms with Crippen molar-refractivity contribution >= 4 is 27.5 Å². The molecular weight excluding hydrogens is 266 g/mol. The molecule has 15 heavy (non-hydrogen) atoms. The topological polar surface area (TPSA) is 87.7 Å². The minimum Gasteiger partial charge on any atom is -0.493 e. The van der Waals surface area contributed by atoms with Crippen LogP contribution in [0.25, 0.3) is 5.65 Å². The van der Waals surface area contributed by atoms with E-state index in [4.69, 9.17) is 5.11 Å². The van der Waals surface area contributed by atoms with E-state index < -0.39 is 11.8 Å². The van der Waals surface area contributed by atoms with Crippen molar-refractivity contribution < 1.29 is 15.0 Å². The van der Waals surface area contributed by atoms with Gasteiger partial charge in [-0.25, -0.2) is 9.78 Å². The molecular formula is C8H6BrN3O3. The van der Waals surface area contributed by atoms with Crippen molar-refractivity contribution in [2.24, 2.45) is 0 Å². The SMILES string of the molecule is Cc1nn2c(O)c(C(=O)O)cnc2c1Br. The molecule has 0 aliphatic heterocycles. The summed E-state index contributed by atoms with van der Waals surface area (Å²) >= 11 is 3.24. The zero-order valence-electron chi connectivity index (χ0n) is 7.60. The molecule has 0 aliphatic rings. The Hall–Kier alpha value is -1.63. The first-order chi connectivity index (χ1) is 7.02. The summed E-state index contributed by atoms with van der Waals surface area (Å²) in [6, 6.07) is 0. The van der Waals surface area contributed by atoms with Crippen molar-refractivity contribution in [3.05, 3.63) is 21.9 Å². The van der Waals surface area contributed by atoms with Crippen LogP contribution in [-0.4, -0.2) is 30.8 Å². The van der Waals surface area contributed by atoms with Gasteiger partial charge in [-0.15, -0.1) is 0 Å². The molecule has 2 heterocycles. The Morgan fingerprint density at radius 3 is 2.87 bits per heavy atom. The van der Waals surface area contributed by atoms with Gasteiger partial charge in [-0.3, -0.25) is 0 Å². The van der Waals surface area contributed by atoms with Crippen molar-refractivity contribution in [2.45, 2.75) is 6.92 Å². The van der Waals surface area contributed by atoms with Crippen LogP contribution in [0.1, 0.15) is 16.1 Å². The highest BCUT2D eigenvalue weighted by Crippen LogP contribution is 2.25. The minimum atomic E-state index is -1.24. The molecule has 0 spiro atoms. The number of carboxylic acid groups (broad SMARTS) is 1. The van der Waals surface area contributed by atoms with Crippen molar-refractivity contribution in [1.29, 1.82) is 0 Å². The Kier molecular flexibility index (Phi) is 2.11. The van der Waals surface area contributed by atoms with Gasteiger partial charge in [0.05, 0.1) is 10.2 Å². The van der Waals surface area contributed by atoms with Crippen LogP contribution in [0.2, 0.25) is 0 Å². The average Bonchev–Trinajstić information content (AvgIpc) is 2.45. The van der Waals surface area contributed by atoms with E-state index in [9.17, 15) is 9.90 Å².